The highest BCUT2D eigenvalue weighted by Crippen LogP contribution is 2.24. The summed E-state index contributed by atoms with van der Waals surface area (Å²) < 4.78 is 31.8. The fourth-order valence-corrected chi connectivity index (χ4v) is 3.98. The second-order valence-electron chi connectivity index (χ2n) is 5.15. The Hall–Kier alpha value is -1.11. The highest BCUT2D eigenvalue weighted by Gasteiger charge is 2.28. The lowest BCUT2D eigenvalue weighted by Gasteiger charge is -2.30. The van der Waals surface area contributed by atoms with Crippen LogP contribution in [0, 0.1) is 5.92 Å². The second kappa shape index (κ2) is 6.56. The highest BCUT2D eigenvalue weighted by atomic mass is 32.2. The molecule has 1 saturated heterocycles. The normalized spacial score (nSPS) is 20.8. The number of piperidine rings is 1. The lowest BCUT2D eigenvalue weighted by atomic mass is 10.0. The van der Waals surface area contributed by atoms with Crippen LogP contribution in [0.25, 0.3) is 0 Å². The maximum atomic E-state index is 12.5. The smallest absolute Gasteiger partial charge is 0.243 e. The molecule has 1 fully saturated rings. The number of aliphatic hydroxyl groups excluding tert-OH is 1. The first kappa shape index (κ1) is 15.3. The number of sulfonamides is 1. The van der Waals surface area contributed by atoms with E-state index in [9.17, 15) is 8.42 Å². The molecule has 1 unspecified atom stereocenters. The van der Waals surface area contributed by atoms with Crippen molar-refractivity contribution in [2.24, 2.45) is 5.92 Å². The van der Waals surface area contributed by atoms with Gasteiger partial charge in [-0.25, -0.2) is 8.42 Å². The Morgan fingerprint density at radius 1 is 1.35 bits per heavy atom. The zero-order chi connectivity index (χ0) is 14.6. The average Bonchev–Trinajstić information content (AvgIpc) is 2.45. The summed E-state index contributed by atoms with van der Waals surface area (Å²) >= 11 is 0. The molecule has 0 radical (unpaired) electrons. The number of nitrogens with zero attached hydrogens (tertiary/aromatic N) is 1. The van der Waals surface area contributed by atoms with Gasteiger partial charge in [0, 0.05) is 13.1 Å². The van der Waals surface area contributed by atoms with Crippen LogP contribution in [0.1, 0.15) is 19.8 Å². The fourth-order valence-electron chi connectivity index (χ4n) is 2.39. The van der Waals surface area contributed by atoms with E-state index in [2.05, 4.69) is 6.92 Å². The minimum atomic E-state index is -3.40. The van der Waals surface area contributed by atoms with E-state index >= 15 is 0 Å². The van der Waals surface area contributed by atoms with E-state index in [1.54, 1.807) is 28.6 Å². The van der Waals surface area contributed by atoms with Crippen molar-refractivity contribution in [3.8, 4) is 5.75 Å². The molecule has 1 aliphatic heterocycles. The van der Waals surface area contributed by atoms with Crippen molar-refractivity contribution in [2.45, 2.75) is 24.7 Å². The lowest BCUT2D eigenvalue weighted by Crippen LogP contribution is -2.39. The molecule has 1 N–H and O–H groups in total. The summed E-state index contributed by atoms with van der Waals surface area (Å²) in [5.41, 5.74) is 0. The van der Waals surface area contributed by atoms with Crippen molar-refractivity contribution in [1.29, 1.82) is 0 Å². The largest absolute Gasteiger partial charge is 0.491 e. The van der Waals surface area contributed by atoms with Gasteiger partial charge in [0.05, 0.1) is 11.5 Å². The van der Waals surface area contributed by atoms with Crippen LogP contribution in [0.15, 0.2) is 29.2 Å². The van der Waals surface area contributed by atoms with Crippen LogP contribution in [0.2, 0.25) is 0 Å². The summed E-state index contributed by atoms with van der Waals surface area (Å²) in [7, 11) is -3.40. The van der Waals surface area contributed by atoms with Gasteiger partial charge in [0.2, 0.25) is 10.0 Å². The first-order valence-electron chi connectivity index (χ1n) is 6.88. The SMILES string of the molecule is CC1CCCN(S(=O)(=O)c2ccc(OCCO)cc2)C1. The molecule has 1 aromatic rings. The van der Waals surface area contributed by atoms with E-state index in [-0.39, 0.29) is 13.2 Å². The Kier molecular flexibility index (Phi) is 5.01. The summed E-state index contributed by atoms with van der Waals surface area (Å²) in [5, 5.41) is 8.68. The number of ether oxygens (including phenoxy) is 1. The molecule has 1 aliphatic rings. The molecule has 0 bridgehead atoms. The van der Waals surface area contributed by atoms with Gasteiger partial charge >= 0.3 is 0 Å². The first-order chi connectivity index (χ1) is 9.54. The maximum absolute atomic E-state index is 12.5. The molecule has 5 nitrogen and oxygen atoms in total. The Morgan fingerprint density at radius 2 is 2.05 bits per heavy atom. The molecule has 1 aromatic carbocycles. The minimum Gasteiger partial charge on any atom is -0.491 e. The van der Waals surface area contributed by atoms with Gasteiger partial charge in [-0.05, 0) is 43.0 Å². The third-order valence-electron chi connectivity index (χ3n) is 3.44. The van der Waals surface area contributed by atoms with Crippen molar-refractivity contribution < 1.29 is 18.3 Å². The fraction of sp³-hybridized carbons (Fsp3) is 0.571. The Balaban J connectivity index is 2.12. The summed E-state index contributed by atoms with van der Waals surface area (Å²) in [5.74, 6) is 0.968. The molecule has 20 heavy (non-hydrogen) atoms. The molecule has 112 valence electrons. The van der Waals surface area contributed by atoms with Gasteiger partial charge in [0.1, 0.15) is 12.4 Å². The number of rotatable bonds is 5. The Morgan fingerprint density at radius 3 is 2.65 bits per heavy atom. The van der Waals surface area contributed by atoms with Crippen molar-refractivity contribution in [2.75, 3.05) is 26.3 Å². The highest BCUT2D eigenvalue weighted by molar-refractivity contribution is 7.89. The van der Waals surface area contributed by atoms with Crippen LogP contribution in [0.3, 0.4) is 0 Å². The average molecular weight is 299 g/mol. The van der Waals surface area contributed by atoms with Gasteiger partial charge in [-0.15, -0.1) is 0 Å². The number of benzene rings is 1. The van der Waals surface area contributed by atoms with Crippen LogP contribution in [-0.2, 0) is 10.0 Å². The van der Waals surface area contributed by atoms with Gasteiger partial charge in [0.25, 0.3) is 0 Å². The van der Waals surface area contributed by atoms with Crippen LogP contribution >= 0.6 is 0 Å². The molecular formula is C14H21NO4S. The van der Waals surface area contributed by atoms with Crippen LogP contribution in [-0.4, -0.2) is 44.1 Å². The van der Waals surface area contributed by atoms with Crippen LogP contribution in [0.4, 0.5) is 0 Å². The van der Waals surface area contributed by atoms with E-state index in [0.717, 1.165) is 12.8 Å². The molecule has 1 heterocycles. The first-order valence-corrected chi connectivity index (χ1v) is 8.32. The topological polar surface area (TPSA) is 66.8 Å². The van der Waals surface area contributed by atoms with Gasteiger partial charge in [-0.1, -0.05) is 6.92 Å². The molecule has 0 saturated carbocycles. The Labute approximate surface area is 120 Å². The number of aliphatic hydroxyl groups is 1. The van der Waals surface area contributed by atoms with Crippen LogP contribution < -0.4 is 4.74 Å². The van der Waals surface area contributed by atoms with Crippen molar-refractivity contribution >= 4 is 10.0 Å². The quantitative estimate of drug-likeness (QED) is 0.894. The molecule has 0 spiro atoms. The zero-order valence-corrected chi connectivity index (χ0v) is 12.5. The summed E-state index contributed by atoms with van der Waals surface area (Å²) in [4.78, 5) is 0.294. The van der Waals surface area contributed by atoms with E-state index in [1.165, 1.54) is 0 Å². The maximum Gasteiger partial charge on any atom is 0.243 e. The molecule has 6 heteroatoms. The van der Waals surface area contributed by atoms with Crippen molar-refractivity contribution in [1.82, 2.24) is 4.31 Å². The lowest BCUT2D eigenvalue weighted by molar-refractivity contribution is 0.201. The molecule has 2 rings (SSSR count). The van der Waals surface area contributed by atoms with Gasteiger partial charge in [-0.3, -0.25) is 0 Å². The van der Waals surface area contributed by atoms with Crippen molar-refractivity contribution in [3.05, 3.63) is 24.3 Å². The van der Waals surface area contributed by atoms with E-state index in [0.29, 0.717) is 29.7 Å². The monoisotopic (exact) mass is 299 g/mol. The number of hydrogen-bond acceptors (Lipinski definition) is 4. The Bertz CT molecular complexity index is 527. The standard InChI is InChI=1S/C14H21NO4S/c1-12-3-2-8-15(11-12)20(17,18)14-6-4-13(5-7-14)19-10-9-16/h4-7,12,16H,2-3,8-11H2,1H3. The summed E-state index contributed by atoms with van der Waals surface area (Å²) in [6.07, 6.45) is 2.00. The van der Waals surface area contributed by atoms with Crippen LogP contribution in [0.5, 0.6) is 5.75 Å². The zero-order valence-electron chi connectivity index (χ0n) is 11.7. The third kappa shape index (κ3) is 3.50. The third-order valence-corrected chi connectivity index (χ3v) is 5.32. The molecule has 0 amide bonds. The summed E-state index contributed by atoms with van der Waals surface area (Å²) in [6.45, 7) is 3.40. The molecule has 0 aliphatic carbocycles. The second-order valence-corrected chi connectivity index (χ2v) is 7.09. The van der Waals surface area contributed by atoms with Gasteiger partial charge in [-0.2, -0.15) is 4.31 Å². The molecule has 0 aromatic heterocycles. The predicted molar refractivity (Wildman–Crippen MR) is 76.2 cm³/mol. The van der Waals surface area contributed by atoms with Crippen molar-refractivity contribution in [3.63, 3.8) is 0 Å². The van der Waals surface area contributed by atoms with E-state index in [4.69, 9.17) is 9.84 Å². The minimum absolute atomic E-state index is 0.0638. The molecular weight excluding hydrogens is 278 g/mol. The predicted octanol–water partition coefficient (Wildman–Crippen LogP) is 1.48. The molecule has 1 atom stereocenters. The number of hydrogen-bond donors (Lipinski definition) is 1. The van der Waals surface area contributed by atoms with E-state index < -0.39 is 10.0 Å². The van der Waals surface area contributed by atoms with E-state index in [1.807, 2.05) is 0 Å². The van der Waals surface area contributed by atoms with Gasteiger partial charge in [0.15, 0.2) is 0 Å². The van der Waals surface area contributed by atoms with Gasteiger partial charge < -0.3 is 9.84 Å². The summed E-state index contributed by atoms with van der Waals surface area (Å²) in [6, 6.07) is 6.36.